The molecule has 0 unspecified atom stereocenters. The minimum absolute atomic E-state index is 0.622. The van der Waals surface area contributed by atoms with Crippen molar-refractivity contribution in [3.8, 4) is 0 Å². The zero-order valence-electron chi connectivity index (χ0n) is 10.1. The number of rotatable bonds is 5. The maximum atomic E-state index is 11.4. The van der Waals surface area contributed by atoms with Crippen molar-refractivity contribution >= 4 is 5.97 Å². The van der Waals surface area contributed by atoms with E-state index in [0.717, 1.165) is 36.8 Å². The average Bonchev–Trinajstić information content (AvgIpc) is 2.25. The number of hydrogen-bond acceptors (Lipinski definition) is 2. The Morgan fingerprint density at radius 1 is 1.47 bits per heavy atom. The molecular weight excluding hydrogens is 216 g/mol. The summed E-state index contributed by atoms with van der Waals surface area (Å²) < 4.78 is 5.04. The number of carboxylic acids is 1. The molecule has 17 heavy (non-hydrogen) atoms. The van der Waals surface area contributed by atoms with Crippen LogP contribution < -0.4 is 0 Å². The molecule has 0 heterocycles. The number of ether oxygens (including phenoxy) is 1. The van der Waals surface area contributed by atoms with Gasteiger partial charge in [-0.1, -0.05) is 30.7 Å². The fraction of sp³-hybridized carbons (Fsp3) is 0.500. The van der Waals surface area contributed by atoms with Gasteiger partial charge in [0.25, 0.3) is 0 Å². The first-order valence-electron chi connectivity index (χ1n) is 6.01. The van der Waals surface area contributed by atoms with Crippen LogP contribution in [0.25, 0.3) is 0 Å². The van der Waals surface area contributed by atoms with E-state index in [-0.39, 0.29) is 0 Å². The second-order valence-corrected chi connectivity index (χ2v) is 4.68. The molecule has 3 heteroatoms. The van der Waals surface area contributed by atoms with E-state index in [1.54, 1.807) is 7.11 Å². The zero-order chi connectivity index (χ0) is 12.3. The lowest BCUT2D eigenvalue weighted by atomic mass is 9.64. The first kappa shape index (κ1) is 12.1. The van der Waals surface area contributed by atoms with Crippen LogP contribution in [0.15, 0.2) is 24.3 Å². The minimum Gasteiger partial charge on any atom is -0.481 e. The van der Waals surface area contributed by atoms with Crippen LogP contribution in [0.4, 0.5) is 0 Å². The van der Waals surface area contributed by atoms with Crippen molar-refractivity contribution in [2.24, 2.45) is 0 Å². The normalized spacial score (nSPS) is 17.5. The highest BCUT2D eigenvalue weighted by Gasteiger charge is 2.45. The average molecular weight is 234 g/mol. The predicted octanol–water partition coefficient (Wildman–Crippen LogP) is 2.38. The molecule has 1 aliphatic rings. The van der Waals surface area contributed by atoms with Crippen LogP contribution in [0.3, 0.4) is 0 Å². The van der Waals surface area contributed by atoms with Crippen LogP contribution in [0.5, 0.6) is 0 Å². The maximum Gasteiger partial charge on any atom is 0.314 e. The minimum atomic E-state index is -0.687. The zero-order valence-corrected chi connectivity index (χ0v) is 10.1. The van der Waals surface area contributed by atoms with Crippen molar-refractivity contribution in [1.29, 1.82) is 0 Å². The third-order valence-corrected chi connectivity index (χ3v) is 3.69. The highest BCUT2D eigenvalue weighted by molar-refractivity contribution is 5.82. The van der Waals surface area contributed by atoms with Gasteiger partial charge in [-0.2, -0.15) is 0 Å². The molecule has 0 aliphatic heterocycles. The molecule has 0 radical (unpaired) electrons. The third kappa shape index (κ3) is 2.20. The molecule has 0 atom stereocenters. The third-order valence-electron chi connectivity index (χ3n) is 3.69. The van der Waals surface area contributed by atoms with E-state index in [9.17, 15) is 9.90 Å². The van der Waals surface area contributed by atoms with Crippen LogP contribution >= 0.6 is 0 Å². The Morgan fingerprint density at radius 2 is 2.24 bits per heavy atom. The molecule has 1 aromatic rings. The summed E-state index contributed by atoms with van der Waals surface area (Å²) in [6, 6.07) is 7.93. The highest BCUT2D eigenvalue weighted by atomic mass is 16.5. The molecule has 1 aromatic carbocycles. The van der Waals surface area contributed by atoms with E-state index in [2.05, 4.69) is 0 Å². The lowest BCUT2D eigenvalue weighted by Crippen LogP contribution is -2.42. The second kappa shape index (κ2) is 4.88. The summed E-state index contributed by atoms with van der Waals surface area (Å²) in [4.78, 5) is 11.4. The SMILES string of the molecule is COCCc1cccc(C2(C(=O)O)CCC2)c1. The van der Waals surface area contributed by atoms with Gasteiger partial charge in [0.05, 0.1) is 12.0 Å². The standard InChI is InChI=1S/C14H18O3/c1-17-9-6-11-4-2-5-12(10-11)14(13(15)16)7-3-8-14/h2,4-5,10H,3,6-9H2,1H3,(H,15,16). The molecule has 0 saturated heterocycles. The van der Waals surface area contributed by atoms with E-state index in [4.69, 9.17) is 4.74 Å². The van der Waals surface area contributed by atoms with Gasteiger partial charge in [-0.15, -0.1) is 0 Å². The summed E-state index contributed by atoms with van der Waals surface area (Å²) in [5.74, 6) is -0.687. The van der Waals surface area contributed by atoms with Crippen molar-refractivity contribution in [1.82, 2.24) is 0 Å². The first-order valence-corrected chi connectivity index (χ1v) is 6.01. The van der Waals surface area contributed by atoms with Crippen molar-refractivity contribution < 1.29 is 14.6 Å². The van der Waals surface area contributed by atoms with E-state index in [1.807, 2.05) is 24.3 Å². The monoisotopic (exact) mass is 234 g/mol. The fourth-order valence-corrected chi connectivity index (χ4v) is 2.40. The molecule has 3 nitrogen and oxygen atoms in total. The maximum absolute atomic E-state index is 11.4. The number of hydrogen-bond donors (Lipinski definition) is 1. The van der Waals surface area contributed by atoms with Crippen LogP contribution in [-0.2, 0) is 21.4 Å². The first-order chi connectivity index (χ1) is 8.19. The predicted molar refractivity (Wildman–Crippen MR) is 65.2 cm³/mol. The van der Waals surface area contributed by atoms with E-state index in [1.165, 1.54) is 0 Å². The van der Waals surface area contributed by atoms with Gasteiger partial charge in [-0.05, 0) is 30.4 Å². The van der Waals surface area contributed by atoms with Gasteiger partial charge in [-0.3, -0.25) is 4.79 Å². The number of carboxylic acid groups (broad SMARTS) is 1. The smallest absolute Gasteiger partial charge is 0.314 e. The molecule has 1 fully saturated rings. The number of carbonyl (C=O) groups is 1. The Balaban J connectivity index is 2.23. The van der Waals surface area contributed by atoms with Crippen molar-refractivity contribution in [2.45, 2.75) is 31.1 Å². The summed E-state index contributed by atoms with van der Waals surface area (Å²) in [6.07, 6.45) is 3.36. The van der Waals surface area contributed by atoms with Gasteiger partial charge in [0.15, 0.2) is 0 Å². The lowest BCUT2D eigenvalue weighted by Gasteiger charge is -2.38. The van der Waals surface area contributed by atoms with Crippen molar-refractivity contribution in [2.75, 3.05) is 13.7 Å². The van der Waals surface area contributed by atoms with Crippen LogP contribution in [0.2, 0.25) is 0 Å². The quantitative estimate of drug-likeness (QED) is 0.850. The molecular formula is C14H18O3. The van der Waals surface area contributed by atoms with Gasteiger partial charge in [0.2, 0.25) is 0 Å². The lowest BCUT2D eigenvalue weighted by molar-refractivity contribution is -0.147. The van der Waals surface area contributed by atoms with E-state index < -0.39 is 11.4 Å². The Bertz CT molecular complexity index is 408. The summed E-state index contributed by atoms with van der Waals surface area (Å²) in [6.45, 7) is 0.670. The molecule has 1 aliphatic carbocycles. The van der Waals surface area contributed by atoms with Gasteiger partial charge in [0.1, 0.15) is 0 Å². The van der Waals surface area contributed by atoms with E-state index >= 15 is 0 Å². The van der Waals surface area contributed by atoms with Gasteiger partial charge < -0.3 is 9.84 Å². The second-order valence-electron chi connectivity index (χ2n) is 4.68. The topological polar surface area (TPSA) is 46.5 Å². The Labute approximate surface area is 101 Å². The molecule has 0 amide bonds. The molecule has 2 rings (SSSR count). The molecule has 0 spiro atoms. The fourth-order valence-electron chi connectivity index (χ4n) is 2.40. The Morgan fingerprint density at radius 3 is 2.76 bits per heavy atom. The summed E-state index contributed by atoms with van der Waals surface area (Å²) >= 11 is 0. The number of aliphatic carboxylic acids is 1. The van der Waals surface area contributed by atoms with Crippen LogP contribution in [0, 0.1) is 0 Å². The highest BCUT2D eigenvalue weighted by Crippen LogP contribution is 2.44. The summed E-state index contributed by atoms with van der Waals surface area (Å²) in [5.41, 5.74) is 1.48. The molecule has 1 N–H and O–H groups in total. The summed E-state index contributed by atoms with van der Waals surface area (Å²) in [5, 5.41) is 9.38. The summed E-state index contributed by atoms with van der Waals surface area (Å²) in [7, 11) is 1.68. The number of methoxy groups -OCH3 is 1. The number of benzene rings is 1. The van der Waals surface area contributed by atoms with Crippen LogP contribution in [0.1, 0.15) is 30.4 Å². The van der Waals surface area contributed by atoms with Gasteiger partial charge in [-0.25, -0.2) is 0 Å². The van der Waals surface area contributed by atoms with Crippen LogP contribution in [-0.4, -0.2) is 24.8 Å². The van der Waals surface area contributed by atoms with Gasteiger partial charge in [0, 0.05) is 7.11 Å². The Hall–Kier alpha value is -1.35. The van der Waals surface area contributed by atoms with Crippen molar-refractivity contribution in [3.05, 3.63) is 35.4 Å². The van der Waals surface area contributed by atoms with Crippen molar-refractivity contribution in [3.63, 3.8) is 0 Å². The molecule has 1 saturated carbocycles. The molecule has 0 bridgehead atoms. The molecule has 92 valence electrons. The van der Waals surface area contributed by atoms with Gasteiger partial charge >= 0.3 is 5.97 Å². The Kier molecular flexibility index (Phi) is 3.48. The van der Waals surface area contributed by atoms with E-state index in [0.29, 0.717) is 6.61 Å². The largest absolute Gasteiger partial charge is 0.481 e. The molecule has 0 aromatic heterocycles.